The Bertz CT molecular complexity index is 589. The predicted octanol–water partition coefficient (Wildman–Crippen LogP) is 1.34. The van der Waals surface area contributed by atoms with Gasteiger partial charge in [-0.2, -0.15) is 0 Å². The molecule has 0 aliphatic heterocycles. The fourth-order valence-electron chi connectivity index (χ4n) is 1.70. The van der Waals surface area contributed by atoms with Gasteiger partial charge in [0.05, 0.1) is 4.92 Å². The minimum Gasteiger partial charge on any atom is -0.385 e. The number of methoxy groups -OCH3 is 1. The summed E-state index contributed by atoms with van der Waals surface area (Å²) in [7, 11) is -2.41. The van der Waals surface area contributed by atoms with Crippen molar-refractivity contribution in [3.05, 3.63) is 28.3 Å². The molecule has 1 aromatic rings. The summed E-state index contributed by atoms with van der Waals surface area (Å²) in [5.41, 5.74) is 0.0511. The lowest BCUT2D eigenvalue weighted by molar-refractivity contribution is -0.387. The quantitative estimate of drug-likeness (QED) is 0.404. The number of anilines is 1. The Morgan fingerprint density at radius 3 is 2.67 bits per heavy atom. The second-order valence-corrected chi connectivity index (χ2v) is 5.95. The standard InChI is InChI=1S/C12H19N3O5S/c1-3-13-10-5-6-12(11(9-10)15(16)17)21(18,19)14-7-4-8-20-2/h5-6,9,13-14H,3-4,7-8H2,1-2H3. The fraction of sp³-hybridized carbons (Fsp3) is 0.500. The van der Waals surface area contributed by atoms with Crippen molar-refractivity contribution in [3.63, 3.8) is 0 Å². The highest BCUT2D eigenvalue weighted by molar-refractivity contribution is 7.89. The van der Waals surface area contributed by atoms with Crippen molar-refractivity contribution >= 4 is 21.4 Å². The highest BCUT2D eigenvalue weighted by Gasteiger charge is 2.25. The number of nitrogens with zero attached hydrogens (tertiary/aromatic N) is 1. The highest BCUT2D eigenvalue weighted by atomic mass is 32.2. The minimum atomic E-state index is -3.92. The molecule has 1 aromatic carbocycles. The van der Waals surface area contributed by atoms with E-state index in [-0.39, 0.29) is 11.4 Å². The maximum absolute atomic E-state index is 12.1. The van der Waals surface area contributed by atoms with Gasteiger partial charge in [-0.1, -0.05) is 0 Å². The molecule has 0 aromatic heterocycles. The van der Waals surface area contributed by atoms with Crippen LogP contribution in [0.15, 0.2) is 23.1 Å². The van der Waals surface area contributed by atoms with Crippen LogP contribution in [0.1, 0.15) is 13.3 Å². The molecular weight excluding hydrogens is 298 g/mol. The van der Waals surface area contributed by atoms with Crippen molar-refractivity contribution in [2.45, 2.75) is 18.2 Å². The molecular formula is C12H19N3O5S. The zero-order valence-electron chi connectivity index (χ0n) is 12.0. The Labute approximate surface area is 123 Å². The molecule has 0 aliphatic carbocycles. The molecule has 0 fully saturated rings. The molecule has 0 aliphatic rings. The molecule has 118 valence electrons. The van der Waals surface area contributed by atoms with Gasteiger partial charge in [0.2, 0.25) is 10.0 Å². The summed E-state index contributed by atoms with van der Waals surface area (Å²) in [5.74, 6) is 0. The maximum atomic E-state index is 12.1. The SMILES string of the molecule is CCNc1ccc(S(=O)(=O)NCCCOC)c([N+](=O)[O-])c1. The van der Waals surface area contributed by atoms with E-state index in [1.54, 1.807) is 0 Å². The normalized spacial score (nSPS) is 11.3. The minimum absolute atomic E-state index is 0.155. The summed E-state index contributed by atoms with van der Waals surface area (Å²) in [5, 5.41) is 14.0. The van der Waals surface area contributed by atoms with Gasteiger partial charge in [-0.05, 0) is 25.5 Å². The van der Waals surface area contributed by atoms with E-state index in [1.807, 2.05) is 6.92 Å². The number of benzene rings is 1. The molecule has 8 nitrogen and oxygen atoms in total. The van der Waals surface area contributed by atoms with Crippen LogP contribution < -0.4 is 10.0 Å². The first-order valence-corrected chi connectivity index (χ1v) is 7.91. The van der Waals surface area contributed by atoms with Gasteiger partial charge in [-0.3, -0.25) is 10.1 Å². The summed E-state index contributed by atoms with van der Waals surface area (Å²) < 4.78 is 31.4. The van der Waals surface area contributed by atoms with Gasteiger partial charge in [-0.15, -0.1) is 0 Å². The van der Waals surface area contributed by atoms with Crippen molar-refractivity contribution in [1.82, 2.24) is 4.72 Å². The fourth-order valence-corrected chi connectivity index (χ4v) is 2.93. The number of hydrogen-bond donors (Lipinski definition) is 2. The summed E-state index contributed by atoms with van der Waals surface area (Å²) in [6, 6.07) is 3.95. The summed E-state index contributed by atoms with van der Waals surface area (Å²) in [4.78, 5) is 10.0. The molecule has 0 radical (unpaired) electrons. The number of nitro benzene ring substituents is 1. The molecule has 21 heavy (non-hydrogen) atoms. The third kappa shape index (κ3) is 4.96. The van der Waals surface area contributed by atoms with Crippen molar-refractivity contribution in [3.8, 4) is 0 Å². The van der Waals surface area contributed by atoms with Gasteiger partial charge in [0.1, 0.15) is 0 Å². The summed E-state index contributed by atoms with van der Waals surface area (Å²) >= 11 is 0. The van der Waals surface area contributed by atoms with Gasteiger partial charge >= 0.3 is 0 Å². The molecule has 0 unspecified atom stereocenters. The lowest BCUT2D eigenvalue weighted by Gasteiger charge is -2.09. The molecule has 0 atom stereocenters. The molecule has 0 amide bonds. The first-order chi connectivity index (χ1) is 9.92. The zero-order valence-corrected chi connectivity index (χ0v) is 12.8. The monoisotopic (exact) mass is 317 g/mol. The van der Waals surface area contributed by atoms with E-state index in [0.717, 1.165) is 0 Å². The number of nitrogens with one attached hydrogen (secondary N) is 2. The van der Waals surface area contributed by atoms with E-state index in [1.165, 1.54) is 25.3 Å². The molecule has 0 saturated heterocycles. The van der Waals surface area contributed by atoms with Crippen molar-refractivity contribution in [2.75, 3.05) is 32.1 Å². The van der Waals surface area contributed by atoms with Crippen LogP contribution in [0.4, 0.5) is 11.4 Å². The Morgan fingerprint density at radius 2 is 2.10 bits per heavy atom. The Balaban J connectivity index is 3.02. The lowest BCUT2D eigenvalue weighted by Crippen LogP contribution is -2.26. The van der Waals surface area contributed by atoms with Gasteiger partial charge in [0.15, 0.2) is 4.90 Å². The van der Waals surface area contributed by atoms with E-state index in [9.17, 15) is 18.5 Å². The topological polar surface area (TPSA) is 111 Å². The zero-order chi connectivity index (χ0) is 15.9. The largest absolute Gasteiger partial charge is 0.385 e. The molecule has 0 saturated carbocycles. The van der Waals surface area contributed by atoms with Gasteiger partial charge in [0, 0.05) is 38.6 Å². The Kier molecular flexibility index (Phi) is 6.53. The second-order valence-electron chi connectivity index (χ2n) is 4.21. The van der Waals surface area contributed by atoms with Crippen molar-refractivity contribution in [1.29, 1.82) is 0 Å². The maximum Gasteiger partial charge on any atom is 0.291 e. The summed E-state index contributed by atoms with van der Waals surface area (Å²) in [6.07, 6.45) is 0.485. The molecule has 0 spiro atoms. The molecule has 9 heteroatoms. The number of rotatable bonds is 9. The third-order valence-corrected chi connectivity index (χ3v) is 4.15. The van der Waals surface area contributed by atoms with Crippen LogP contribution in [-0.2, 0) is 14.8 Å². The van der Waals surface area contributed by atoms with Crippen molar-refractivity contribution in [2.24, 2.45) is 0 Å². The van der Waals surface area contributed by atoms with Crippen LogP contribution in [0.2, 0.25) is 0 Å². The molecule has 1 rings (SSSR count). The highest BCUT2D eigenvalue weighted by Crippen LogP contribution is 2.27. The molecule has 0 heterocycles. The van der Waals surface area contributed by atoms with Crippen LogP contribution in [0.25, 0.3) is 0 Å². The Morgan fingerprint density at radius 1 is 1.38 bits per heavy atom. The number of ether oxygens (including phenoxy) is 1. The molecule has 2 N–H and O–H groups in total. The Hall–Kier alpha value is -1.71. The third-order valence-electron chi connectivity index (χ3n) is 2.64. The van der Waals surface area contributed by atoms with Gasteiger partial charge < -0.3 is 10.1 Å². The van der Waals surface area contributed by atoms with E-state index in [2.05, 4.69) is 10.0 Å². The van der Waals surface area contributed by atoms with Gasteiger partial charge in [0.25, 0.3) is 5.69 Å². The van der Waals surface area contributed by atoms with Crippen LogP contribution in [0, 0.1) is 10.1 Å². The number of sulfonamides is 1. The smallest absolute Gasteiger partial charge is 0.291 e. The van der Waals surface area contributed by atoms with Crippen LogP contribution in [0.3, 0.4) is 0 Å². The van der Waals surface area contributed by atoms with Crippen LogP contribution >= 0.6 is 0 Å². The van der Waals surface area contributed by atoms with E-state index in [0.29, 0.717) is 25.3 Å². The number of nitro groups is 1. The number of hydrogen-bond acceptors (Lipinski definition) is 6. The average molecular weight is 317 g/mol. The first kappa shape index (κ1) is 17.3. The van der Waals surface area contributed by atoms with E-state index < -0.39 is 20.6 Å². The van der Waals surface area contributed by atoms with E-state index >= 15 is 0 Å². The summed E-state index contributed by atoms with van der Waals surface area (Å²) in [6.45, 7) is 2.98. The predicted molar refractivity (Wildman–Crippen MR) is 78.9 cm³/mol. The van der Waals surface area contributed by atoms with Crippen LogP contribution in [-0.4, -0.2) is 40.1 Å². The van der Waals surface area contributed by atoms with Crippen LogP contribution in [0.5, 0.6) is 0 Å². The van der Waals surface area contributed by atoms with E-state index in [4.69, 9.17) is 4.74 Å². The average Bonchev–Trinajstić information content (AvgIpc) is 2.43. The lowest BCUT2D eigenvalue weighted by atomic mass is 10.3. The second kappa shape index (κ2) is 7.91. The molecule has 0 bridgehead atoms. The first-order valence-electron chi connectivity index (χ1n) is 6.43. The van der Waals surface area contributed by atoms with Crippen molar-refractivity contribution < 1.29 is 18.1 Å². The van der Waals surface area contributed by atoms with Gasteiger partial charge in [-0.25, -0.2) is 13.1 Å².